The summed E-state index contributed by atoms with van der Waals surface area (Å²) in [5.41, 5.74) is 2.81. The molecule has 92 valence electrons. The third-order valence-corrected chi connectivity index (χ3v) is 5.63. The van der Waals surface area contributed by atoms with Crippen LogP contribution in [-0.2, 0) is 0 Å². The molecule has 0 saturated heterocycles. The molecule has 0 aliphatic heterocycles. The monoisotopic (exact) mass is 220 g/mol. The van der Waals surface area contributed by atoms with Crippen LogP contribution in [0.25, 0.3) is 0 Å². The average Bonchev–Trinajstić information content (AvgIpc) is 2.92. The van der Waals surface area contributed by atoms with E-state index in [0.717, 1.165) is 11.8 Å². The fraction of sp³-hybridized carbons (Fsp3) is 0.875. The van der Waals surface area contributed by atoms with Gasteiger partial charge in [0.1, 0.15) is 0 Å². The Morgan fingerprint density at radius 1 is 1.38 bits per heavy atom. The number of rotatable bonds is 4. The quantitative estimate of drug-likeness (QED) is 0.572. The molecular weight excluding hydrogens is 192 g/mol. The van der Waals surface area contributed by atoms with Crippen LogP contribution >= 0.6 is 0 Å². The molecule has 2 unspecified atom stereocenters. The van der Waals surface area contributed by atoms with Crippen molar-refractivity contribution in [2.75, 3.05) is 0 Å². The summed E-state index contributed by atoms with van der Waals surface area (Å²) in [5, 5.41) is 0. The van der Waals surface area contributed by atoms with E-state index in [1.165, 1.54) is 32.1 Å². The van der Waals surface area contributed by atoms with Crippen LogP contribution in [0.4, 0.5) is 0 Å². The van der Waals surface area contributed by atoms with Crippen LogP contribution in [-0.4, -0.2) is 0 Å². The van der Waals surface area contributed by atoms with Crippen molar-refractivity contribution in [3.8, 4) is 0 Å². The molecule has 2 aliphatic carbocycles. The van der Waals surface area contributed by atoms with E-state index in [4.69, 9.17) is 0 Å². The van der Waals surface area contributed by atoms with Gasteiger partial charge in [-0.05, 0) is 55.3 Å². The van der Waals surface area contributed by atoms with Crippen molar-refractivity contribution in [3.05, 3.63) is 11.6 Å². The molecule has 0 radical (unpaired) electrons. The van der Waals surface area contributed by atoms with Crippen molar-refractivity contribution in [3.63, 3.8) is 0 Å². The molecule has 0 bridgehead atoms. The Kier molecular flexibility index (Phi) is 2.97. The van der Waals surface area contributed by atoms with Gasteiger partial charge >= 0.3 is 0 Å². The van der Waals surface area contributed by atoms with E-state index in [9.17, 15) is 0 Å². The highest BCUT2D eigenvalue weighted by Gasteiger charge is 2.55. The van der Waals surface area contributed by atoms with E-state index in [0.29, 0.717) is 10.8 Å². The summed E-state index contributed by atoms with van der Waals surface area (Å²) in [5.74, 6) is 1.84. The van der Waals surface area contributed by atoms with E-state index in [2.05, 4.69) is 40.7 Å². The van der Waals surface area contributed by atoms with Crippen molar-refractivity contribution in [2.24, 2.45) is 22.7 Å². The molecule has 16 heavy (non-hydrogen) atoms. The predicted molar refractivity (Wildman–Crippen MR) is 71.4 cm³/mol. The lowest BCUT2D eigenvalue weighted by Gasteiger charge is -2.37. The lowest BCUT2D eigenvalue weighted by atomic mass is 9.67. The van der Waals surface area contributed by atoms with E-state index in [-0.39, 0.29) is 0 Å². The van der Waals surface area contributed by atoms with E-state index < -0.39 is 0 Å². The molecular formula is C16H28. The Morgan fingerprint density at radius 3 is 2.38 bits per heavy atom. The van der Waals surface area contributed by atoms with E-state index in [1.807, 2.05) is 0 Å². The van der Waals surface area contributed by atoms with Gasteiger partial charge in [0.15, 0.2) is 0 Å². The standard InChI is InChI=1S/C16H28/c1-6-12(2)11-16(9-10-16)14-8-7-13(3)15(14,4)5/h7,12,14H,6,8-11H2,1-5H3. The molecule has 0 amide bonds. The second-order valence-corrected chi connectivity index (χ2v) is 6.98. The molecule has 2 atom stereocenters. The van der Waals surface area contributed by atoms with Gasteiger partial charge in [-0.2, -0.15) is 0 Å². The first-order valence-electron chi connectivity index (χ1n) is 7.09. The molecule has 0 nitrogen and oxygen atoms in total. The Labute approximate surface area is 102 Å². The third-order valence-electron chi connectivity index (χ3n) is 5.63. The Morgan fingerprint density at radius 2 is 2.00 bits per heavy atom. The molecule has 2 aliphatic rings. The van der Waals surface area contributed by atoms with E-state index >= 15 is 0 Å². The van der Waals surface area contributed by atoms with Crippen molar-refractivity contribution in [2.45, 2.75) is 66.7 Å². The first-order chi connectivity index (χ1) is 7.42. The van der Waals surface area contributed by atoms with Crippen LogP contribution < -0.4 is 0 Å². The van der Waals surface area contributed by atoms with Crippen LogP contribution in [0.1, 0.15) is 66.7 Å². The normalized spacial score (nSPS) is 32.3. The lowest BCUT2D eigenvalue weighted by molar-refractivity contribution is 0.148. The fourth-order valence-electron chi connectivity index (χ4n) is 3.84. The zero-order chi connectivity index (χ0) is 12.0. The number of hydrogen-bond acceptors (Lipinski definition) is 0. The maximum absolute atomic E-state index is 2.50. The van der Waals surface area contributed by atoms with Gasteiger partial charge in [0.2, 0.25) is 0 Å². The molecule has 0 aromatic carbocycles. The van der Waals surface area contributed by atoms with Crippen molar-refractivity contribution >= 4 is 0 Å². The maximum Gasteiger partial charge on any atom is -0.0111 e. The minimum absolute atomic E-state index is 0.462. The molecule has 0 N–H and O–H groups in total. The summed E-state index contributed by atoms with van der Waals surface area (Å²) in [6.45, 7) is 12.0. The molecule has 0 heteroatoms. The Hall–Kier alpha value is -0.260. The van der Waals surface area contributed by atoms with Gasteiger partial charge in [-0.1, -0.05) is 45.8 Å². The van der Waals surface area contributed by atoms with Gasteiger partial charge < -0.3 is 0 Å². The summed E-state index contributed by atoms with van der Waals surface area (Å²) >= 11 is 0. The summed E-state index contributed by atoms with van der Waals surface area (Å²) in [4.78, 5) is 0. The summed E-state index contributed by atoms with van der Waals surface area (Å²) < 4.78 is 0. The molecule has 0 spiro atoms. The summed E-state index contributed by atoms with van der Waals surface area (Å²) in [6.07, 6.45) is 9.65. The lowest BCUT2D eigenvalue weighted by Crippen LogP contribution is -2.30. The number of hydrogen-bond donors (Lipinski definition) is 0. The van der Waals surface area contributed by atoms with Gasteiger partial charge in [-0.15, -0.1) is 0 Å². The minimum Gasteiger partial charge on any atom is -0.0847 e. The predicted octanol–water partition coefficient (Wildman–Crippen LogP) is 5.20. The molecule has 0 heterocycles. The molecule has 0 aromatic heterocycles. The van der Waals surface area contributed by atoms with Gasteiger partial charge in [0.05, 0.1) is 0 Å². The highest BCUT2D eigenvalue weighted by Crippen LogP contribution is 2.65. The Balaban J connectivity index is 2.09. The largest absolute Gasteiger partial charge is 0.0847 e. The first-order valence-corrected chi connectivity index (χ1v) is 7.09. The molecule has 2 rings (SSSR count). The zero-order valence-corrected chi connectivity index (χ0v) is 11.8. The average molecular weight is 220 g/mol. The maximum atomic E-state index is 2.50. The van der Waals surface area contributed by atoms with Gasteiger partial charge in [-0.3, -0.25) is 0 Å². The number of allylic oxidation sites excluding steroid dienone is 2. The van der Waals surface area contributed by atoms with Crippen LogP contribution in [0.15, 0.2) is 11.6 Å². The fourth-order valence-corrected chi connectivity index (χ4v) is 3.84. The highest BCUT2D eigenvalue weighted by atomic mass is 14.6. The molecule has 0 aromatic rings. The van der Waals surface area contributed by atoms with Gasteiger partial charge in [0.25, 0.3) is 0 Å². The summed E-state index contributed by atoms with van der Waals surface area (Å²) in [6, 6.07) is 0. The van der Waals surface area contributed by atoms with Crippen LogP contribution in [0.5, 0.6) is 0 Å². The summed E-state index contributed by atoms with van der Waals surface area (Å²) in [7, 11) is 0. The smallest absolute Gasteiger partial charge is 0.0111 e. The van der Waals surface area contributed by atoms with Crippen molar-refractivity contribution in [1.29, 1.82) is 0 Å². The molecule has 1 fully saturated rings. The Bertz CT molecular complexity index is 291. The third kappa shape index (κ3) is 1.85. The van der Waals surface area contributed by atoms with Crippen molar-refractivity contribution in [1.82, 2.24) is 0 Å². The van der Waals surface area contributed by atoms with Crippen molar-refractivity contribution < 1.29 is 0 Å². The highest BCUT2D eigenvalue weighted by molar-refractivity contribution is 5.23. The topological polar surface area (TPSA) is 0 Å². The minimum atomic E-state index is 0.462. The van der Waals surface area contributed by atoms with Gasteiger partial charge in [-0.25, -0.2) is 0 Å². The van der Waals surface area contributed by atoms with Crippen LogP contribution in [0.2, 0.25) is 0 Å². The van der Waals surface area contributed by atoms with Crippen LogP contribution in [0.3, 0.4) is 0 Å². The van der Waals surface area contributed by atoms with Crippen LogP contribution in [0, 0.1) is 22.7 Å². The van der Waals surface area contributed by atoms with E-state index in [1.54, 1.807) is 5.57 Å². The first kappa shape index (κ1) is 12.2. The second-order valence-electron chi connectivity index (χ2n) is 6.98. The van der Waals surface area contributed by atoms with Gasteiger partial charge in [0, 0.05) is 0 Å². The zero-order valence-electron chi connectivity index (χ0n) is 11.8. The second kappa shape index (κ2) is 3.89. The SMILES string of the molecule is CCC(C)CC1(C2CC=C(C)C2(C)C)CC1. The molecule has 1 saturated carbocycles.